The largest absolute Gasteiger partial charge is 0.445 e. The molecule has 3 fully saturated rings. The second-order valence-electron chi connectivity index (χ2n) is 12.8. The molecule has 3 aliphatic rings. The Morgan fingerprint density at radius 2 is 1.98 bits per heavy atom. The van der Waals surface area contributed by atoms with Crippen LogP contribution in [0.15, 0.2) is 48.7 Å². The molecule has 0 aliphatic carbocycles. The average molecular weight is 675 g/mol. The highest BCUT2D eigenvalue weighted by Crippen LogP contribution is 2.43. The molecule has 2 N–H and O–H groups in total. The van der Waals surface area contributed by atoms with E-state index in [0.29, 0.717) is 64.8 Å². The highest BCUT2D eigenvalue weighted by atomic mass is 35.5. The Morgan fingerprint density at radius 1 is 1.12 bits per heavy atom. The van der Waals surface area contributed by atoms with E-state index in [0.717, 1.165) is 35.7 Å². The molecule has 0 radical (unpaired) electrons. The van der Waals surface area contributed by atoms with Crippen molar-refractivity contribution < 1.29 is 23.8 Å². The van der Waals surface area contributed by atoms with Crippen LogP contribution in [0.3, 0.4) is 0 Å². The molecule has 3 aromatic heterocycles. The molecule has 1 amide bonds. The number of carbonyl (C=O) groups excluding carboxylic acids is 1. The summed E-state index contributed by atoms with van der Waals surface area (Å²) in [6, 6.07) is 11.7. The first-order chi connectivity index (χ1) is 23.4. The second-order valence-corrected chi connectivity index (χ2v) is 13.2. The minimum atomic E-state index is -1.38. The van der Waals surface area contributed by atoms with E-state index >= 15 is 4.39 Å². The van der Waals surface area contributed by atoms with Crippen LogP contribution in [0.5, 0.6) is 0 Å². The van der Waals surface area contributed by atoms with Crippen LogP contribution in [-0.2, 0) is 29.7 Å². The van der Waals surface area contributed by atoms with Crippen molar-refractivity contribution in [2.24, 2.45) is 7.05 Å². The van der Waals surface area contributed by atoms with Crippen LogP contribution in [0.25, 0.3) is 33.3 Å². The number of aromatic nitrogens is 6. The van der Waals surface area contributed by atoms with Crippen molar-refractivity contribution in [2.75, 3.05) is 11.5 Å². The molecule has 3 aliphatic heterocycles. The fourth-order valence-electron chi connectivity index (χ4n) is 7.48. The third-order valence-electron chi connectivity index (χ3n) is 9.73. The van der Waals surface area contributed by atoms with E-state index in [1.165, 1.54) is 0 Å². The van der Waals surface area contributed by atoms with Crippen molar-refractivity contribution in [3.05, 3.63) is 64.9 Å². The first-order valence-corrected chi connectivity index (χ1v) is 16.8. The highest BCUT2D eigenvalue weighted by molar-refractivity contribution is 6.38. The Morgan fingerprint density at radius 3 is 2.77 bits per heavy atom. The first kappa shape index (κ1) is 31.0. The smallest absolute Gasteiger partial charge is 0.407 e. The van der Waals surface area contributed by atoms with Crippen LogP contribution in [0.1, 0.15) is 56.0 Å². The van der Waals surface area contributed by atoms with Crippen LogP contribution in [0, 0.1) is 0 Å². The number of alkyl halides is 1. The monoisotopic (exact) mass is 674 g/mol. The number of aryl methyl sites for hydroxylation is 1. The van der Waals surface area contributed by atoms with Gasteiger partial charge in [0.2, 0.25) is 0 Å². The van der Waals surface area contributed by atoms with Gasteiger partial charge in [-0.3, -0.25) is 4.68 Å². The molecule has 5 atom stereocenters. The van der Waals surface area contributed by atoms with Gasteiger partial charge in [-0.1, -0.05) is 41.9 Å². The summed E-state index contributed by atoms with van der Waals surface area (Å²) in [6.07, 6.45) is 3.79. The van der Waals surface area contributed by atoms with Gasteiger partial charge in [0.05, 0.1) is 29.2 Å². The molecule has 14 heteroatoms. The van der Waals surface area contributed by atoms with Gasteiger partial charge in [0.1, 0.15) is 29.7 Å². The number of nitrogens with zero attached hydrogens (tertiary/aromatic N) is 7. The van der Waals surface area contributed by atoms with E-state index in [1.807, 2.05) is 60.6 Å². The number of halogens is 2. The number of fused-ring (bicyclic) bond motifs is 4. The minimum absolute atomic E-state index is 0.104. The zero-order chi connectivity index (χ0) is 32.9. The molecule has 12 nitrogen and oxygen atoms in total. The molecule has 2 aromatic carbocycles. The van der Waals surface area contributed by atoms with Gasteiger partial charge in [0.15, 0.2) is 17.7 Å². The Hall–Kier alpha value is -4.33. The lowest BCUT2D eigenvalue weighted by molar-refractivity contribution is -0.0368. The summed E-state index contributed by atoms with van der Waals surface area (Å²) in [6.45, 7) is 0.297. The number of hydrogen-bond acceptors (Lipinski definition) is 9. The predicted octanol–water partition coefficient (Wildman–Crippen LogP) is 5.60. The zero-order valence-corrected chi connectivity index (χ0v) is 27.2. The molecule has 0 spiro atoms. The summed E-state index contributed by atoms with van der Waals surface area (Å²) >= 11 is 6.95. The number of hydrogen-bond donors (Lipinski definition) is 2. The molecule has 0 saturated carbocycles. The number of alkyl carbamates (subject to hydrolysis) is 1. The summed E-state index contributed by atoms with van der Waals surface area (Å²) in [5.41, 5.74) is 4.07. The Kier molecular flexibility index (Phi) is 8.13. The molecular weight excluding hydrogens is 639 g/mol. The van der Waals surface area contributed by atoms with Crippen LogP contribution in [-0.4, -0.2) is 71.6 Å². The zero-order valence-electron chi connectivity index (χ0n) is 26.4. The van der Waals surface area contributed by atoms with E-state index in [-0.39, 0.29) is 18.9 Å². The third kappa shape index (κ3) is 5.43. The van der Waals surface area contributed by atoms with Gasteiger partial charge in [-0.15, -0.1) is 0 Å². The number of nitrogens with one attached hydrogen (secondary N) is 1. The van der Waals surface area contributed by atoms with Crippen LogP contribution < -0.4 is 10.2 Å². The number of anilines is 1. The molecule has 250 valence electrons. The van der Waals surface area contributed by atoms with Crippen molar-refractivity contribution in [1.29, 1.82) is 0 Å². The molecule has 5 aromatic rings. The van der Waals surface area contributed by atoms with E-state index in [1.54, 1.807) is 9.36 Å². The SMILES string of the molecule is Cn1cc2c(Cl)c(-c3nn(C4CCCCO4)c4nc(N5[C@@H]6CC[C@H]5[C@@H](F)[C@@H](NC(=O)OCc5ccccc5)C6)c(CO)nc34)ccc2n1. The van der Waals surface area contributed by atoms with Gasteiger partial charge in [0.25, 0.3) is 0 Å². The van der Waals surface area contributed by atoms with E-state index in [9.17, 15) is 9.90 Å². The lowest BCUT2D eigenvalue weighted by Crippen LogP contribution is -2.58. The molecule has 3 saturated heterocycles. The van der Waals surface area contributed by atoms with Gasteiger partial charge in [-0.05, 0) is 56.2 Å². The number of rotatable bonds is 7. The summed E-state index contributed by atoms with van der Waals surface area (Å²) in [5, 5.41) is 24.1. The summed E-state index contributed by atoms with van der Waals surface area (Å²) in [4.78, 5) is 24.7. The van der Waals surface area contributed by atoms with E-state index < -0.39 is 31.0 Å². The number of ether oxygens (including phenoxy) is 2. The third-order valence-corrected chi connectivity index (χ3v) is 10.1. The molecule has 2 bridgehead atoms. The van der Waals surface area contributed by atoms with Gasteiger partial charge in [0, 0.05) is 36.8 Å². The topological polar surface area (TPSA) is 132 Å². The Labute approximate surface area is 280 Å². The van der Waals surface area contributed by atoms with Crippen molar-refractivity contribution in [2.45, 2.75) is 82.3 Å². The number of amides is 1. The molecule has 8 rings (SSSR count). The van der Waals surface area contributed by atoms with Crippen molar-refractivity contribution in [3.63, 3.8) is 0 Å². The van der Waals surface area contributed by atoms with Crippen LogP contribution >= 0.6 is 11.6 Å². The summed E-state index contributed by atoms with van der Waals surface area (Å²) < 4.78 is 31.2. The Bertz CT molecular complexity index is 1980. The van der Waals surface area contributed by atoms with Crippen LogP contribution in [0.4, 0.5) is 15.0 Å². The lowest BCUT2D eigenvalue weighted by Gasteiger charge is -2.42. The fourth-order valence-corrected chi connectivity index (χ4v) is 7.78. The van der Waals surface area contributed by atoms with Crippen molar-refractivity contribution >= 4 is 45.6 Å². The molecule has 6 heterocycles. The Balaban J connectivity index is 1.14. The second kappa shape index (κ2) is 12.6. The van der Waals surface area contributed by atoms with Gasteiger partial charge < -0.3 is 24.8 Å². The lowest BCUT2D eigenvalue weighted by atomic mass is 9.95. The minimum Gasteiger partial charge on any atom is -0.445 e. The van der Waals surface area contributed by atoms with Gasteiger partial charge in [-0.2, -0.15) is 10.2 Å². The van der Waals surface area contributed by atoms with E-state index in [2.05, 4.69) is 10.4 Å². The average Bonchev–Trinajstić information content (AvgIpc) is 3.79. The number of aliphatic hydroxyl groups excluding tert-OH is 1. The van der Waals surface area contributed by atoms with Crippen LogP contribution in [0.2, 0.25) is 5.02 Å². The van der Waals surface area contributed by atoms with Crippen molar-refractivity contribution in [3.8, 4) is 11.3 Å². The first-order valence-electron chi connectivity index (χ1n) is 16.4. The molecule has 48 heavy (non-hydrogen) atoms. The maximum absolute atomic E-state index is 16.2. The van der Waals surface area contributed by atoms with Gasteiger partial charge >= 0.3 is 6.09 Å². The molecular formula is C34H36ClFN8O4. The number of piperidine rings is 1. The van der Waals surface area contributed by atoms with E-state index in [4.69, 9.17) is 36.1 Å². The summed E-state index contributed by atoms with van der Waals surface area (Å²) in [5.74, 6) is 0.419. The normalized spacial score (nSPS) is 24.0. The number of carbonyl (C=O) groups is 1. The maximum Gasteiger partial charge on any atom is 0.407 e. The number of benzene rings is 2. The summed E-state index contributed by atoms with van der Waals surface area (Å²) in [7, 11) is 1.84. The van der Waals surface area contributed by atoms with Gasteiger partial charge in [-0.25, -0.2) is 23.8 Å². The van der Waals surface area contributed by atoms with Crippen molar-refractivity contribution in [1.82, 2.24) is 34.8 Å². The predicted molar refractivity (Wildman–Crippen MR) is 177 cm³/mol. The quantitative estimate of drug-likeness (QED) is 0.226. The number of aliphatic hydroxyl groups is 1. The molecule has 1 unspecified atom stereocenters. The highest BCUT2D eigenvalue weighted by Gasteiger charge is 2.50. The maximum atomic E-state index is 16.2. The fraction of sp³-hybridized carbons (Fsp3) is 0.441. The standard InChI is InChI=1S/C34H36ClFN8O4/c1-42-16-22-23(40-42)12-11-21(28(22)35)30-31-33(44(41-30)27-9-5-6-14-47-27)39-32(25(17-45)37-31)43-20-10-13-26(43)29(36)24(15-20)38-34(46)48-18-19-7-3-2-4-8-19/h2-4,7-8,11-12,16,20,24,26-27,29,45H,5-6,9-10,13-15,17-18H2,1H3,(H,38,46)/t20-,24+,26+,27?,29+/m1/s1.